The van der Waals surface area contributed by atoms with Gasteiger partial charge in [-0.3, -0.25) is 19.7 Å². The number of carbonyl (C=O) groups is 2. The third-order valence-corrected chi connectivity index (χ3v) is 3.48. The van der Waals surface area contributed by atoms with Crippen LogP contribution in [0.1, 0.15) is 26.3 Å². The van der Waals surface area contributed by atoms with E-state index in [0.717, 1.165) is 0 Å². The van der Waals surface area contributed by atoms with Crippen molar-refractivity contribution in [3.63, 3.8) is 0 Å². The van der Waals surface area contributed by atoms with Crippen molar-refractivity contribution in [1.82, 2.24) is 5.32 Å². The highest BCUT2D eigenvalue weighted by molar-refractivity contribution is 6.09. The van der Waals surface area contributed by atoms with Crippen LogP contribution in [0.2, 0.25) is 0 Å². The lowest BCUT2D eigenvalue weighted by Gasteiger charge is -2.11. The van der Waals surface area contributed by atoms with Crippen LogP contribution in [0.5, 0.6) is 0 Å². The predicted molar refractivity (Wildman–Crippen MR) is 94.8 cm³/mol. The monoisotopic (exact) mass is 339 g/mol. The van der Waals surface area contributed by atoms with E-state index in [2.05, 4.69) is 17.2 Å². The van der Waals surface area contributed by atoms with E-state index in [1.54, 1.807) is 37.3 Å². The lowest BCUT2D eigenvalue weighted by atomic mass is 10.1. The standard InChI is InChI=1S/C18H17N3O4/c1-3-10-19-18(23)14-6-4-5-7-15(14)20-17(22)13-8-9-16(21(24)25)12(2)11-13/h3-9,11H,1,10H2,2H3,(H,19,23)(H,20,22). The van der Waals surface area contributed by atoms with E-state index in [4.69, 9.17) is 0 Å². The van der Waals surface area contributed by atoms with E-state index < -0.39 is 10.8 Å². The zero-order chi connectivity index (χ0) is 18.4. The Morgan fingerprint density at radius 2 is 1.92 bits per heavy atom. The van der Waals surface area contributed by atoms with Gasteiger partial charge in [0, 0.05) is 23.7 Å². The number of nitro groups is 1. The highest BCUT2D eigenvalue weighted by Crippen LogP contribution is 2.21. The molecule has 2 N–H and O–H groups in total. The molecule has 0 atom stereocenters. The van der Waals surface area contributed by atoms with Gasteiger partial charge in [0.2, 0.25) is 0 Å². The average Bonchev–Trinajstić information content (AvgIpc) is 2.59. The zero-order valence-corrected chi connectivity index (χ0v) is 13.6. The third kappa shape index (κ3) is 4.29. The van der Waals surface area contributed by atoms with Crippen molar-refractivity contribution in [3.05, 3.63) is 81.9 Å². The minimum absolute atomic E-state index is 0.0549. The molecule has 0 bridgehead atoms. The van der Waals surface area contributed by atoms with Gasteiger partial charge < -0.3 is 10.6 Å². The Hall–Kier alpha value is -3.48. The Morgan fingerprint density at radius 3 is 2.56 bits per heavy atom. The lowest BCUT2D eigenvalue weighted by Crippen LogP contribution is -2.25. The number of nitro benzene ring substituents is 1. The van der Waals surface area contributed by atoms with Crippen LogP contribution in [0.3, 0.4) is 0 Å². The summed E-state index contributed by atoms with van der Waals surface area (Å²) in [5, 5.41) is 16.2. The molecular formula is C18H17N3O4. The van der Waals surface area contributed by atoms with Gasteiger partial charge >= 0.3 is 0 Å². The average molecular weight is 339 g/mol. The first-order valence-corrected chi connectivity index (χ1v) is 7.48. The van der Waals surface area contributed by atoms with Crippen LogP contribution in [0, 0.1) is 17.0 Å². The molecule has 128 valence electrons. The molecule has 7 nitrogen and oxygen atoms in total. The van der Waals surface area contributed by atoms with Gasteiger partial charge in [0.1, 0.15) is 0 Å². The number of para-hydroxylation sites is 1. The van der Waals surface area contributed by atoms with E-state index in [1.165, 1.54) is 18.2 Å². The minimum atomic E-state index is -0.504. The first-order chi connectivity index (χ1) is 11.9. The van der Waals surface area contributed by atoms with Crippen LogP contribution in [-0.4, -0.2) is 23.3 Å². The summed E-state index contributed by atoms with van der Waals surface area (Å²) in [5.41, 5.74) is 1.27. The SMILES string of the molecule is C=CCNC(=O)c1ccccc1NC(=O)c1ccc([N+](=O)[O-])c(C)c1. The number of hydrogen-bond acceptors (Lipinski definition) is 4. The smallest absolute Gasteiger partial charge is 0.272 e. The molecule has 0 aromatic heterocycles. The third-order valence-electron chi connectivity index (χ3n) is 3.48. The van der Waals surface area contributed by atoms with E-state index in [0.29, 0.717) is 23.4 Å². The molecule has 2 aromatic rings. The molecule has 0 saturated heterocycles. The molecule has 2 rings (SSSR count). The molecule has 0 aliphatic heterocycles. The summed E-state index contributed by atoms with van der Waals surface area (Å²) in [6.07, 6.45) is 1.55. The van der Waals surface area contributed by atoms with Gasteiger partial charge in [-0.15, -0.1) is 6.58 Å². The van der Waals surface area contributed by atoms with Crippen molar-refractivity contribution in [2.75, 3.05) is 11.9 Å². The van der Waals surface area contributed by atoms with Gasteiger partial charge in [0.15, 0.2) is 0 Å². The van der Waals surface area contributed by atoms with Crippen LogP contribution in [0.4, 0.5) is 11.4 Å². The highest BCUT2D eigenvalue weighted by Gasteiger charge is 2.16. The van der Waals surface area contributed by atoms with Crippen molar-refractivity contribution in [1.29, 1.82) is 0 Å². The summed E-state index contributed by atoms with van der Waals surface area (Å²) in [4.78, 5) is 34.9. The fraction of sp³-hybridized carbons (Fsp3) is 0.111. The van der Waals surface area contributed by atoms with Gasteiger partial charge in [0.25, 0.3) is 17.5 Å². The molecular weight excluding hydrogens is 322 g/mol. The molecule has 2 aromatic carbocycles. The lowest BCUT2D eigenvalue weighted by molar-refractivity contribution is -0.385. The molecule has 0 fully saturated rings. The predicted octanol–water partition coefficient (Wildman–Crippen LogP) is 3.07. The second kappa shape index (κ2) is 7.87. The summed E-state index contributed by atoms with van der Waals surface area (Å²) in [7, 11) is 0. The van der Waals surface area contributed by atoms with Gasteiger partial charge in [-0.05, 0) is 31.2 Å². The molecule has 0 unspecified atom stereocenters. The van der Waals surface area contributed by atoms with Crippen LogP contribution >= 0.6 is 0 Å². The Bertz CT molecular complexity index is 846. The topological polar surface area (TPSA) is 101 Å². The molecule has 0 spiro atoms. The number of anilines is 1. The maximum Gasteiger partial charge on any atom is 0.272 e. The van der Waals surface area contributed by atoms with Crippen molar-refractivity contribution < 1.29 is 14.5 Å². The number of nitrogens with one attached hydrogen (secondary N) is 2. The largest absolute Gasteiger partial charge is 0.349 e. The summed E-state index contributed by atoms with van der Waals surface area (Å²) >= 11 is 0. The number of benzene rings is 2. The molecule has 0 saturated carbocycles. The first kappa shape index (κ1) is 17.9. The first-order valence-electron chi connectivity index (χ1n) is 7.48. The Balaban J connectivity index is 2.24. The van der Waals surface area contributed by atoms with Crippen LogP contribution in [0.15, 0.2) is 55.1 Å². The summed E-state index contributed by atoms with van der Waals surface area (Å²) in [6, 6.07) is 10.7. The summed E-state index contributed by atoms with van der Waals surface area (Å²) in [6.45, 7) is 5.40. The fourth-order valence-electron chi connectivity index (χ4n) is 2.25. The normalized spacial score (nSPS) is 9.96. The van der Waals surface area contributed by atoms with Gasteiger partial charge in [0.05, 0.1) is 16.2 Å². The maximum atomic E-state index is 12.4. The van der Waals surface area contributed by atoms with Gasteiger partial charge in [-0.25, -0.2) is 0 Å². The Morgan fingerprint density at radius 1 is 1.20 bits per heavy atom. The molecule has 2 amide bonds. The number of amides is 2. The van der Waals surface area contributed by atoms with Crippen LogP contribution in [0.25, 0.3) is 0 Å². The number of nitrogens with zero attached hydrogens (tertiary/aromatic N) is 1. The molecule has 7 heteroatoms. The van der Waals surface area contributed by atoms with Crippen LogP contribution in [-0.2, 0) is 0 Å². The summed E-state index contributed by atoms with van der Waals surface area (Å²) in [5.74, 6) is -0.794. The second-order valence-electron chi connectivity index (χ2n) is 5.26. The van der Waals surface area contributed by atoms with Crippen molar-refractivity contribution in [2.45, 2.75) is 6.92 Å². The van der Waals surface area contributed by atoms with Gasteiger partial charge in [-0.1, -0.05) is 18.2 Å². The number of aryl methyl sites for hydroxylation is 1. The Kier molecular flexibility index (Phi) is 5.62. The number of rotatable bonds is 6. The van der Waals surface area contributed by atoms with Crippen molar-refractivity contribution >= 4 is 23.2 Å². The molecule has 0 radical (unpaired) electrons. The van der Waals surface area contributed by atoms with E-state index in [1.807, 2.05) is 0 Å². The fourth-order valence-corrected chi connectivity index (χ4v) is 2.25. The summed E-state index contributed by atoms with van der Waals surface area (Å²) < 4.78 is 0. The van der Waals surface area contributed by atoms with Gasteiger partial charge in [-0.2, -0.15) is 0 Å². The molecule has 0 heterocycles. The molecule has 0 aliphatic carbocycles. The number of hydrogen-bond donors (Lipinski definition) is 2. The zero-order valence-electron chi connectivity index (χ0n) is 13.6. The minimum Gasteiger partial charge on any atom is -0.349 e. The van der Waals surface area contributed by atoms with E-state index >= 15 is 0 Å². The quantitative estimate of drug-likeness (QED) is 0.480. The second-order valence-corrected chi connectivity index (χ2v) is 5.26. The molecule has 25 heavy (non-hydrogen) atoms. The van der Waals surface area contributed by atoms with Crippen LogP contribution < -0.4 is 10.6 Å². The van der Waals surface area contributed by atoms with E-state index in [-0.39, 0.29) is 17.2 Å². The molecule has 0 aliphatic rings. The maximum absolute atomic E-state index is 12.4. The van der Waals surface area contributed by atoms with Crippen molar-refractivity contribution in [2.24, 2.45) is 0 Å². The highest BCUT2D eigenvalue weighted by atomic mass is 16.6. The Labute approximate surface area is 144 Å². The van der Waals surface area contributed by atoms with Crippen molar-refractivity contribution in [3.8, 4) is 0 Å². The number of carbonyl (C=O) groups excluding carboxylic acids is 2. The van der Waals surface area contributed by atoms with E-state index in [9.17, 15) is 19.7 Å².